The molecule has 0 radical (unpaired) electrons. The van der Waals surface area contributed by atoms with E-state index in [1.165, 1.54) is 24.0 Å². The normalized spacial score (nSPS) is 22.8. The minimum atomic E-state index is -0.450. The van der Waals surface area contributed by atoms with Crippen LogP contribution in [-0.2, 0) is 6.42 Å². The second kappa shape index (κ2) is 7.65. The van der Waals surface area contributed by atoms with E-state index in [0.717, 1.165) is 29.2 Å². The first kappa shape index (κ1) is 17.3. The number of aliphatic hydroxyl groups is 2. The molecule has 2 atom stereocenters. The first-order valence-electron chi connectivity index (χ1n) is 9.53. The van der Waals surface area contributed by atoms with Crippen LogP contribution in [0.5, 0.6) is 5.75 Å². The number of para-hydroxylation sites is 1. The molecule has 2 aliphatic carbocycles. The number of benzene rings is 2. The Kier molecular flexibility index (Phi) is 5.09. The Balaban J connectivity index is 1.49. The lowest BCUT2D eigenvalue weighted by Gasteiger charge is -2.26. The van der Waals surface area contributed by atoms with Crippen molar-refractivity contribution in [3.8, 4) is 5.75 Å². The molecule has 0 aliphatic heterocycles. The highest BCUT2D eigenvalue weighted by atomic mass is 16.5. The molecule has 0 aromatic heterocycles. The summed E-state index contributed by atoms with van der Waals surface area (Å²) in [5.74, 6) is 1.64. The molecule has 2 aromatic rings. The summed E-state index contributed by atoms with van der Waals surface area (Å²) in [6.45, 7) is -0.0219. The first-order chi connectivity index (χ1) is 12.7. The molecule has 2 aromatic carbocycles. The fraction of sp³-hybridized carbons (Fsp3) is 0.391. The average molecular weight is 350 g/mol. The van der Waals surface area contributed by atoms with E-state index in [2.05, 4.69) is 30.3 Å². The van der Waals surface area contributed by atoms with Crippen LogP contribution in [0, 0.1) is 0 Å². The monoisotopic (exact) mass is 350 g/mol. The van der Waals surface area contributed by atoms with Crippen LogP contribution >= 0.6 is 0 Å². The third-order valence-electron chi connectivity index (χ3n) is 5.30. The van der Waals surface area contributed by atoms with Gasteiger partial charge in [-0.3, -0.25) is 0 Å². The van der Waals surface area contributed by atoms with E-state index in [9.17, 15) is 10.2 Å². The third-order valence-corrected chi connectivity index (χ3v) is 5.30. The topological polar surface area (TPSA) is 49.7 Å². The van der Waals surface area contributed by atoms with E-state index in [1.807, 2.05) is 24.3 Å². The minimum absolute atomic E-state index is 0.0219. The Morgan fingerprint density at radius 1 is 1.00 bits per heavy atom. The maximum Gasteiger partial charge on any atom is 0.123 e. The van der Waals surface area contributed by atoms with Gasteiger partial charge in [0.05, 0.1) is 12.7 Å². The molecule has 2 unspecified atom stereocenters. The van der Waals surface area contributed by atoms with E-state index >= 15 is 0 Å². The van der Waals surface area contributed by atoms with Crippen molar-refractivity contribution in [3.05, 3.63) is 76.9 Å². The Morgan fingerprint density at radius 3 is 2.50 bits per heavy atom. The van der Waals surface area contributed by atoms with E-state index in [0.29, 0.717) is 12.8 Å². The number of hydrogen-bond donors (Lipinski definition) is 2. The molecule has 1 saturated carbocycles. The predicted molar refractivity (Wildman–Crippen MR) is 102 cm³/mol. The van der Waals surface area contributed by atoms with Crippen molar-refractivity contribution in [1.29, 1.82) is 0 Å². The van der Waals surface area contributed by atoms with Crippen molar-refractivity contribution in [1.82, 2.24) is 0 Å². The van der Waals surface area contributed by atoms with Gasteiger partial charge in [-0.2, -0.15) is 0 Å². The molecule has 0 heterocycles. The van der Waals surface area contributed by atoms with Crippen LogP contribution < -0.4 is 4.74 Å². The number of aliphatic hydroxyl groups excluding tert-OH is 2. The fourth-order valence-corrected chi connectivity index (χ4v) is 3.72. The van der Waals surface area contributed by atoms with Gasteiger partial charge in [-0.05, 0) is 59.6 Å². The fourth-order valence-electron chi connectivity index (χ4n) is 3.72. The molecule has 3 nitrogen and oxygen atoms in total. The largest absolute Gasteiger partial charge is 0.486 e. The van der Waals surface area contributed by atoms with Crippen molar-refractivity contribution in [2.75, 3.05) is 6.61 Å². The summed E-state index contributed by atoms with van der Waals surface area (Å²) in [5.41, 5.74) is 4.73. The van der Waals surface area contributed by atoms with Crippen molar-refractivity contribution in [3.63, 3.8) is 0 Å². The summed E-state index contributed by atoms with van der Waals surface area (Å²) in [7, 11) is 0. The molecule has 3 heteroatoms. The Morgan fingerprint density at radius 2 is 1.77 bits per heavy atom. The quantitative estimate of drug-likeness (QED) is 0.775. The smallest absolute Gasteiger partial charge is 0.123 e. The molecule has 2 N–H and O–H groups in total. The summed E-state index contributed by atoms with van der Waals surface area (Å²) in [5, 5.41) is 19.4. The van der Waals surface area contributed by atoms with Gasteiger partial charge in [0.25, 0.3) is 0 Å². The highest BCUT2D eigenvalue weighted by Crippen LogP contribution is 2.40. The molecule has 0 spiro atoms. The van der Waals surface area contributed by atoms with Gasteiger partial charge in [0.2, 0.25) is 0 Å². The molecule has 0 bridgehead atoms. The van der Waals surface area contributed by atoms with Crippen LogP contribution in [0.1, 0.15) is 48.3 Å². The maximum absolute atomic E-state index is 10.0. The van der Waals surface area contributed by atoms with Crippen molar-refractivity contribution in [2.24, 2.45) is 0 Å². The number of rotatable bonds is 6. The molecular weight excluding hydrogens is 324 g/mol. The minimum Gasteiger partial charge on any atom is -0.486 e. The number of hydrogen-bond acceptors (Lipinski definition) is 3. The van der Waals surface area contributed by atoms with Gasteiger partial charge in [0.1, 0.15) is 11.9 Å². The van der Waals surface area contributed by atoms with Crippen LogP contribution in [0.25, 0.3) is 0 Å². The van der Waals surface area contributed by atoms with Gasteiger partial charge in [0.15, 0.2) is 0 Å². The highest BCUT2D eigenvalue weighted by Gasteiger charge is 2.24. The summed E-state index contributed by atoms with van der Waals surface area (Å²) < 4.78 is 6.19. The average Bonchev–Trinajstić information content (AvgIpc) is 3.49. The lowest BCUT2D eigenvalue weighted by atomic mass is 9.95. The SMILES string of the molecule is OCC1=CC(Oc2ccccc2Cc2ccc(C3CC3)cc2)CC(O)C1. The van der Waals surface area contributed by atoms with Gasteiger partial charge in [-0.25, -0.2) is 0 Å². The summed E-state index contributed by atoms with van der Waals surface area (Å²) in [6, 6.07) is 17.0. The molecular formula is C23H26O3. The van der Waals surface area contributed by atoms with Crippen LogP contribution in [0.3, 0.4) is 0 Å². The zero-order valence-corrected chi connectivity index (χ0v) is 15.0. The third kappa shape index (κ3) is 4.17. The van der Waals surface area contributed by atoms with Gasteiger partial charge < -0.3 is 14.9 Å². The molecule has 1 fully saturated rings. The molecule has 0 amide bonds. The lowest BCUT2D eigenvalue weighted by Crippen LogP contribution is -2.28. The van der Waals surface area contributed by atoms with Crippen LogP contribution in [0.2, 0.25) is 0 Å². The maximum atomic E-state index is 10.0. The summed E-state index contributed by atoms with van der Waals surface area (Å²) >= 11 is 0. The second-order valence-corrected chi connectivity index (χ2v) is 7.53. The highest BCUT2D eigenvalue weighted by molar-refractivity contribution is 5.39. The molecule has 136 valence electrons. The van der Waals surface area contributed by atoms with Gasteiger partial charge in [-0.1, -0.05) is 42.5 Å². The van der Waals surface area contributed by atoms with Crippen LogP contribution in [0.15, 0.2) is 60.2 Å². The lowest BCUT2D eigenvalue weighted by molar-refractivity contribution is 0.0997. The zero-order valence-electron chi connectivity index (χ0n) is 15.0. The van der Waals surface area contributed by atoms with Crippen molar-refractivity contribution in [2.45, 2.75) is 50.2 Å². The van der Waals surface area contributed by atoms with E-state index in [1.54, 1.807) is 0 Å². The Labute approximate surface area is 155 Å². The van der Waals surface area contributed by atoms with Gasteiger partial charge in [-0.15, -0.1) is 0 Å². The standard InChI is InChI=1S/C23H26O3/c24-15-17-12-21(25)14-22(13-17)26-23-4-2-1-3-20(23)11-16-5-7-18(8-6-16)19-9-10-19/h1-8,13,19,21-22,24-25H,9-12,14-15H2. The molecule has 0 saturated heterocycles. The predicted octanol–water partition coefficient (Wildman–Crippen LogP) is 3.98. The van der Waals surface area contributed by atoms with E-state index in [-0.39, 0.29) is 12.7 Å². The number of ether oxygens (including phenoxy) is 1. The Hall–Kier alpha value is -2.10. The molecule has 4 rings (SSSR count). The van der Waals surface area contributed by atoms with Gasteiger partial charge in [0, 0.05) is 12.8 Å². The second-order valence-electron chi connectivity index (χ2n) is 7.53. The van der Waals surface area contributed by atoms with Crippen LogP contribution in [0.4, 0.5) is 0 Å². The summed E-state index contributed by atoms with van der Waals surface area (Å²) in [4.78, 5) is 0. The van der Waals surface area contributed by atoms with Crippen molar-refractivity contribution < 1.29 is 14.9 Å². The van der Waals surface area contributed by atoms with Crippen LogP contribution in [-0.4, -0.2) is 29.0 Å². The first-order valence-corrected chi connectivity index (χ1v) is 9.53. The Bertz CT molecular complexity index is 774. The van der Waals surface area contributed by atoms with E-state index in [4.69, 9.17) is 4.74 Å². The van der Waals surface area contributed by atoms with Gasteiger partial charge >= 0.3 is 0 Å². The zero-order chi connectivity index (χ0) is 17.9. The molecule has 26 heavy (non-hydrogen) atoms. The summed E-state index contributed by atoms with van der Waals surface area (Å²) in [6.07, 6.45) is 5.88. The van der Waals surface area contributed by atoms with E-state index < -0.39 is 6.10 Å². The van der Waals surface area contributed by atoms with Crippen molar-refractivity contribution >= 4 is 0 Å². The molecule has 2 aliphatic rings.